The maximum absolute atomic E-state index is 12.0. The molecule has 0 bridgehead atoms. The van der Waals surface area contributed by atoms with Crippen molar-refractivity contribution in [3.05, 3.63) is 29.3 Å². The van der Waals surface area contributed by atoms with Gasteiger partial charge in [0.1, 0.15) is 6.04 Å². The molecule has 5 nitrogen and oxygen atoms in total. The summed E-state index contributed by atoms with van der Waals surface area (Å²) >= 11 is 9.39. The Bertz CT molecular complexity index is 541. The van der Waals surface area contributed by atoms with E-state index in [0.717, 1.165) is 0 Å². The van der Waals surface area contributed by atoms with E-state index >= 15 is 0 Å². The number of hydrogen-bond acceptors (Lipinski definition) is 4. The zero-order valence-corrected chi connectivity index (χ0v) is 13.8. The monoisotopic (exact) mass is 374 g/mol. The topological polar surface area (TPSA) is 67.4 Å². The average molecular weight is 376 g/mol. The van der Waals surface area contributed by atoms with E-state index in [-0.39, 0.29) is 10.9 Å². The second-order valence-electron chi connectivity index (χ2n) is 4.84. The van der Waals surface area contributed by atoms with Gasteiger partial charge in [-0.25, -0.2) is 0 Å². The first kappa shape index (κ1) is 16.3. The molecule has 1 fully saturated rings. The van der Waals surface area contributed by atoms with Gasteiger partial charge in [-0.3, -0.25) is 9.59 Å². The number of anilines is 1. The summed E-state index contributed by atoms with van der Waals surface area (Å²) in [5, 5.41) is 6.11. The number of esters is 1. The van der Waals surface area contributed by atoms with Crippen molar-refractivity contribution in [3.8, 4) is 0 Å². The lowest BCUT2D eigenvalue weighted by molar-refractivity contribution is -0.154. The standard InChI is InChI=1S/C14H16BrClN2O3/c1-8(21-14(20)12-6-9(15)7-17-12)13(19)18-11-5-3-2-4-10(11)16/h2-5,8-9,12,17H,6-7H2,1H3,(H,18,19). The van der Waals surface area contributed by atoms with Gasteiger partial charge in [-0.2, -0.15) is 0 Å². The molecule has 0 saturated carbocycles. The SMILES string of the molecule is CC(OC(=O)C1CC(Br)CN1)C(=O)Nc1ccccc1Cl. The van der Waals surface area contributed by atoms with Gasteiger partial charge in [0, 0.05) is 11.4 Å². The zero-order valence-electron chi connectivity index (χ0n) is 11.4. The fourth-order valence-corrected chi connectivity index (χ4v) is 2.72. The Morgan fingerprint density at radius 2 is 2.19 bits per heavy atom. The first-order valence-corrected chi connectivity index (χ1v) is 7.90. The molecule has 1 aliphatic rings. The van der Waals surface area contributed by atoms with Crippen LogP contribution in [0, 0.1) is 0 Å². The highest BCUT2D eigenvalue weighted by atomic mass is 79.9. The summed E-state index contributed by atoms with van der Waals surface area (Å²) in [7, 11) is 0. The Balaban J connectivity index is 1.88. The van der Waals surface area contributed by atoms with Gasteiger partial charge >= 0.3 is 5.97 Å². The Morgan fingerprint density at radius 3 is 2.81 bits per heavy atom. The van der Waals surface area contributed by atoms with E-state index in [9.17, 15) is 9.59 Å². The molecule has 1 saturated heterocycles. The van der Waals surface area contributed by atoms with E-state index in [1.165, 1.54) is 6.92 Å². The van der Waals surface area contributed by atoms with Gasteiger partial charge in [-0.05, 0) is 25.5 Å². The number of rotatable bonds is 4. The third-order valence-corrected chi connectivity index (χ3v) is 4.18. The molecule has 0 aromatic heterocycles. The van der Waals surface area contributed by atoms with E-state index in [1.807, 2.05) is 0 Å². The van der Waals surface area contributed by atoms with Crippen molar-refractivity contribution in [2.45, 2.75) is 30.3 Å². The highest BCUT2D eigenvalue weighted by molar-refractivity contribution is 9.09. The minimum atomic E-state index is -0.884. The van der Waals surface area contributed by atoms with Crippen LogP contribution in [0.1, 0.15) is 13.3 Å². The summed E-state index contributed by atoms with van der Waals surface area (Å²) in [6.07, 6.45) is -0.234. The number of carbonyl (C=O) groups excluding carboxylic acids is 2. The molecule has 1 amide bonds. The zero-order chi connectivity index (χ0) is 15.4. The summed E-state index contributed by atoms with van der Waals surface area (Å²) < 4.78 is 5.18. The minimum absolute atomic E-state index is 0.252. The molecule has 0 spiro atoms. The van der Waals surface area contributed by atoms with Crippen LogP contribution < -0.4 is 10.6 Å². The molecule has 1 aliphatic heterocycles. The van der Waals surface area contributed by atoms with E-state index in [0.29, 0.717) is 23.7 Å². The van der Waals surface area contributed by atoms with Crippen molar-refractivity contribution in [3.63, 3.8) is 0 Å². The smallest absolute Gasteiger partial charge is 0.323 e. The molecule has 0 aliphatic carbocycles. The molecule has 2 rings (SSSR count). The van der Waals surface area contributed by atoms with Gasteiger partial charge < -0.3 is 15.4 Å². The first-order valence-electron chi connectivity index (χ1n) is 6.60. The Kier molecular flexibility index (Phi) is 5.61. The summed E-state index contributed by atoms with van der Waals surface area (Å²) in [4.78, 5) is 24.2. The molecular weight excluding hydrogens is 360 g/mol. The maximum Gasteiger partial charge on any atom is 0.323 e. The van der Waals surface area contributed by atoms with E-state index in [4.69, 9.17) is 16.3 Å². The van der Waals surface area contributed by atoms with Crippen LogP contribution in [-0.4, -0.2) is 35.4 Å². The third-order valence-electron chi connectivity index (χ3n) is 3.16. The van der Waals surface area contributed by atoms with Crippen molar-refractivity contribution in [1.82, 2.24) is 5.32 Å². The Labute approximate surface area is 136 Å². The van der Waals surface area contributed by atoms with E-state index < -0.39 is 18.0 Å². The molecule has 21 heavy (non-hydrogen) atoms. The van der Waals surface area contributed by atoms with Crippen LogP contribution >= 0.6 is 27.5 Å². The molecule has 1 heterocycles. The number of carbonyl (C=O) groups is 2. The molecule has 2 N–H and O–H groups in total. The molecule has 3 unspecified atom stereocenters. The number of para-hydroxylation sites is 1. The predicted octanol–water partition coefficient (Wildman–Crippen LogP) is 2.34. The number of alkyl halides is 1. The number of hydrogen-bond donors (Lipinski definition) is 2. The molecule has 114 valence electrons. The van der Waals surface area contributed by atoms with Gasteiger partial charge in [0.2, 0.25) is 0 Å². The van der Waals surface area contributed by atoms with Crippen LogP contribution in [0.3, 0.4) is 0 Å². The highest BCUT2D eigenvalue weighted by Gasteiger charge is 2.31. The lowest BCUT2D eigenvalue weighted by Gasteiger charge is -2.16. The maximum atomic E-state index is 12.0. The Morgan fingerprint density at radius 1 is 1.48 bits per heavy atom. The number of nitrogens with one attached hydrogen (secondary N) is 2. The Hall–Kier alpha value is -1.11. The van der Waals surface area contributed by atoms with Crippen molar-refractivity contribution in [1.29, 1.82) is 0 Å². The second-order valence-corrected chi connectivity index (χ2v) is 6.54. The van der Waals surface area contributed by atoms with E-state index in [1.54, 1.807) is 24.3 Å². The minimum Gasteiger partial charge on any atom is -0.451 e. The van der Waals surface area contributed by atoms with Crippen LogP contribution in [0.15, 0.2) is 24.3 Å². The summed E-state index contributed by atoms with van der Waals surface area (Å²) in [6.45, 7) is 2.24. The molecule has 1 aromatic carbocycles. The number of halogens is 2. The van der Waals surface area contributed by atoms with Crippen LogP contribution in [-0.2, 0) is 14.3 Å². The second kappa shape index (κ2) is 7.24. The predicted molar refractivity (Wildman–Crippen MR) is 84.8 cm³/mol. The molecule has 0 radical (unpaired) electrons. The first-order chi connectivity index (χ1) is 9.97. The normalized spacial score (nSPS) is 22.6. The number of benzene rings is 1. The van der Waals surface area contributed by atoms with Gasteiger partial charge in [0.05, 0.1) is 10.7 Å². The number of ether oxygens (including phenoxy) is 1. The van der Waals surface area contributed by atoms with Crippen molar-refractivity contribution in [2.24, 2.45) is 0 Å². The van der Waals surface area contributed by atoms with Gasteiger partial charge in [0.25, 0.3) is 5.91 Å². The average Bonchev–Trinajstić information content (AvgIpc) is 2.88. The molecule has 7 heteroatoms. The fourth-order valence-electron chi connectivity index (χ4n) is 1.98. The molecular formula is C14H16BrClN2O3. The number of amides is 1. The quantitative estimate of drug-likeness (QED) is 0.626. The fraction of sp³-hybridized carbons (Fsp3) is 0.429. The molecule has 3 atom stereocenters. The largest absolute Gasteiger partial charge is 0.451 e. The summed E-state index contributed by atoms with van der Waals surface area (Å²) in [5.41, 5.74) is 0.492. The summed E-state index contributed by atoms with van der Waals surface area (Å²) in [5.74, 6) is -0.830. The van der Waals surface area contributed by atoms with Gasteiger partial charge in [-0.1, -0.05) is 39.7 Å². The van der Waals surface area contributed by atoms with Crippen molar-refractivity contribution < 1.29 is 14.3 Å². The van der Waals surface area contributed by atoms with Gasteiger partial charge in [0.15, 0.2) is 6.10 Å². The third kappa shape index (κ3) is 4.43. The van der Waals surface area contributed by atoms with Crippen LogP contribution in [0.5, 0.6) is 0 Å². The van der Waals surface area contributed by atoms with Crippen LogP contribution in [0.4, 0.5) is 5.69 Å². The van der Waals surface area contributed by atoms with Crippen LogP contribution in [0.2, 0.25) is 5.02 Å². The lowest BCUT2D eigenvalue weighted by Crippen LogP contribution is -2.38. The van der Waals surface area contributed by atoms with Crippen LogP contribution in [0.25, 0.3) is 0 Å². The molecule has 1 aromatic rings. The van der Waals surface area contributed by atoms with Crippen molar-refractivity contribution in [2.75, 3.05) is 11.9 Å². The van der Waals surface area contributed by atoms with Gasteiger partial charge in [-0.15, -0.1) is 0 Å². The highest BCUT2D eigenvalue weighted by Crippen LogP contribution is 2.21. The lowest BCUT2D eigenvalue weighted by atomic mass is 10.2. The van der Waals surface area contributed by atoms with Crippen molar-refractivity contribution >= 4 is 45.1 Å². The van der Waals surface area contributed by atoms with E-state index in [2.05, 4.69) is 26.6 Å². The summed E-state index contributed by atoms with van der Waals surface area (Å²) in [6, 6.07) is 6.51.